The van der Waals surface area contributed by atoms with E-state index in [1.807, 2.05) is 24.3 Å². The molecule has 1 heterocycles. The monoisotopic (exact) mass is 289 g/mol. The van der Waals surface area contributed by atoms with E-state index in [9.17, 15) is 0 Å². The van der Waals surface area contributed by atoms with Crippen LogP contribution in [0.4, 0.5) is 5.69 Å². The lowest BCUT2D eigenvalue weighted by Gasteiger charge is -2.24. The van der Waals surface area contributed by atoms with E-state index in [1.165, 1.54) is 16.1 Å². The minimum Gasteiger partial charge on any atom is -0.494 e. The summed E-state index contributed by atoms with van der Waals surface area (Å²) in [7, 11) is 0. The Morgan fingerprint density at radius 3 is 2.60 bits per heavy atom. The van der Waals surface area contributed by atoms with Gasteiger partial charge in [0.2, 0.25) is 0 Å². The standard InChI is InChI=1S/C17H23NOS/c1-5-19-14-8-9-15(13(4)11-14)18-17(12(2)3)16-7-6-10-20-16/h6-12,17-18H,5H2,1-4H3. The van der Waals surface area contributed by atoms with Crippen molar-refractivity contribution in [2.45, 2.75) is 33.7 Å². The second-order valence-corrected chi connectivity index (χ2v) is 6.27. The van der Waals surface area contributed by atoms with Gasteiger partial charge >= 0.3 is 0 Å². The molecule has 0 saturated heterocycles. The van der Waals surface area contributed by atoms with Crippen molar-refractivity contribution < 1.29 is 4.74 Å². The highest BCUT2D eigenvalue weighted by Crippen LogP contribution is 2.31. The van der Waals surface area contributed by atoms with Gasteiger partial charge in [-0.15, -0.1) is 11.3 Å². The van der Waals surface area contributed by atoms with Crippen molar-refractivity contribution in [3.8, 4) is 5.75 Å². The summed E-state index contributed by atoms with van der Waals surface area (Å²) >= 11 is 1.81. The molecule has 1 aromatic carbocycles. The van der Waals surface area contributed by atoms with Gasteiger partial charge in [-0.1, -0.05) is 19.9 Å². The molecular formula is C17H23NOS. The molecule has 2 nitrogen and oxygen atoms in total. The maximum absolute atomic E-state index is 5.54. The van der Waals surface area contributed by atoms with Gasteiger partial charge in [-0.2, -0.15) is 0 Å². The van der Waals surface area contributed by atoms with Crippen LogP contribution in [0.5, 0.6) is 5.75 Å². The average Bonchev–Trinajstić information content (AvgIpc) is 2.91. The second kappa shape index (κ2) is 6.80. The third-order valence-corrected chi connectivity index (χ3v) is 4.29. The number of ether oxygens (including phenoxy) is 1. The maximum atomic E-state index is 5.54. The highest BCUT2D eigenvalue weighted by Gasteiger charge is 2.17. The zero-order chi connectivity index (χ0) is 14.5. The fourth-order valence-electron chi connectivity index (χ4n) is 2.26. The summed E-state index contributed by atoms with van der Waals surface area (Å²) in [4.78, 5) is 1.38. The Balaban J connectivity index is 2.19. The van der Waals surface area contributed by atoms with Gasteiger partial charge < -0.3 is 10.1 Å². The first-order valence-electron chi connectivity index (χ1n) is 7.15. The summed E-state index contributed by atoms with van der Waals surface area (Å²) in [6, 6.07) is 10.9. The van der Waals surface area contributed by atoms with Crippen molar-refractivity contribution in [2.24, 2.45) is 5.92 Å². The van der Waals surface area contributed by atoms with Crippen LogP contribution < -0.4 is 10.1 Å². The van der Waals surface area contributed by atoms with E-state index in [2.05, 4.69) is 55.7 Å². The zero-order valence-electron chi connectivity index (χ0n) is 12.6. The van der Waals surface area contributed by atoms with Crippen molar-refractivity contribution >= 4 is 17.0 Å². The number of rotatable bonds is 6. The third-order valence-electron chi connectivity index (χ3n) is 3.34. The first-order chi connectivity index (χ1) is 9.61. The molecule has 0 fully saturated rings. The number of benzene rings is 1. The number of thiophene rings is 1. The summed E-state index contributed by atoms with van der Waals surface area (Å²) in [6.07, 6.45) is 0. The molecule has 0 spiro atoms. The summed E-state index contributed by atoms with van der Waals surface area (Å²) in [5, 5.41) is 5.81. The largest absolute Gasteiger partial charge is 0.494 e. The molecule has 3 heteroatoms. The Morgan fingerprint density at radius 2 is 2.05 bits per heavy atom. The number of anilines is 1. The van der Waals surface area contributed by atoms with Crippen LogP contribution >= 0.6 is 11.3 Å². The van der Waals surface area contributed by atoms with Crippen LogP contribution in [0.1, 0.15) is 37.3 Å². The van der Waals surface area contributed by atoms with Gasteiger partial charge in [-0.05, 0) is 55.0 Å². The van der Waals surface area contributed by atoms with Crippen molar-refractivity contribution in [3.63, 3.8) is 0 Å². The predicted molar refractivity (Wildman–Crippen MR) is 87.9 cm³/mol. The van der Waals surface area contributed by atoms with Crippen molar-refractivity contribution in [2.75, 3.05) is 11.9 Å². The molecule has 0 saturated carbocycles. The summed E-state index contributed by atoms with van der Waals surface area (Å²) in [6.45, 7) is 9.34. The highest BCUT2D eigenvalue weighted by molar-refractivity contribution is 7.10. The lowest BCUT2D eigenvalue weighted by molar-refractivity contribution is 0.340. The van der Waals surface area contributed by atoms with Crippen LogP contribution in [0.15, 0.2) is 35.7 Å². The topological polar surface area (TPSA) is 21.3 Å². The average molecular weight is 289 g/mol. The summed E-state index contributed by atoms with van der Waals surface area (Å²) < 4.78 is 5.54. The Kier molecular flexibility index (Phi) is 5.07. The smallest absolute Gasteiger partial charge is 0.119 e. The van der Waals surface area contributed by atoms with E-state index < -0.39 is 0 Å². The molecule has 0 bridgehead atoms. The molecule has 0 aliphatic heterocycles. The number of hydrogen-bond acceptors (Lipinski definition) is 3. The fourth-order valence-corrected chi connectivity index (χ4v) is 3.21. The molecule has 0 amide bonds. The predicted octanol–water partition coefficient (Wildman–Crippen LogP) is 5.26. The molecule has 0 radical (unpaired) electrons. The molecule has 1 aromatic heterocycles. The molecule has 2 rings (SSSR count). The van der Waals surface area contributed by atoms with E-state index in [4.69, 9.17) is 4.74 Å². The lowest BCUT2D eigenvalue weighted by Crippen LogP contribution is -2.16. The Hall–Kier alpha value is -1.48. The van der Waals surface area contributed by atoms with Crippen LogP contribution in [-0.2, 0) is 0 Å². The van der Waals surface area contributed by atoms with E-state index in [0.29, 0.717) is 18.6 Å². The van der Waals surface area contributed by atoms with Crippen molar-refractivity contribution in [1.82, 2.24) is 0 Å². The second-order valence-electron chi connectivity index (χ2n) is 5.29. The summed E-state index contributed by atoms with van der Waals surface area (Å²) in [5.41, 5.74) is 2.40. The molecule has 1 unspecified atom stereocenters. The number of hydrogen-bond donors (Lipinski definition) is 1. The summed E-state index contributed by atoms with van der Waals surface area (Å²) in [5.74, 6) is 1.48. The van der Waals surface area contributed by atoms with Gasteiger partial charge in [-0.25, -0.2) is 0 Å². The van der Waals surface area contributed by atoms with E-state index in [1.54, 1.807) is 0 Å². The quantitative estimate of drug-likeness (QED) is 0.782. The minimum atomic E-state index is 0.353. The number of aryl methyl sites for hydroxylation is 1. The Morgan fingerprint density at radius 1 is 1.25 bits per heavy atom. The van der Waals surface area contributed by atoms with Gasteiger partial charge in [-0.3, -0.25) is 0 Å². The highest BCUT2D eigenvalue weighted by atomic mass is 32.1. The van der Waals surface area contributed by atoms with E-state index in [0.717, 1.165) is 5.75 Å². The van der Waals surface area contributed by atoms with E-state index >= 15 is 0 Å². The van der Waals surface area contributed by atoms with Crippen molar-refractivity contribution in [1.29, 1.82) is 0 Å². The Bertz CT molecular complexity index is 534. The molecule has 2 aromatic rings. The van der Waals surface area contributed by atoms with Gasteiger partial charge in [0, 0.05) is 10.6 Å². The molecule has 1 N–H and O–H groups in total. The molecule has 0 aliphatic carbocycles. The SMILES string of the molecule is CCOc1ccc(NC(c2cccs2)C(C)C)c(C)c1. The van der Waals surface area contributed by atoms with Gasteiger partial charge in [0.05, 0.1) is 12.6 Å². The van der Waals surface area contributed by atoms with Crippen molar-refractivity contribution in [3.05, 3.63) is 46.2 Å². The molecular weight excluding hydrogens is 266 g/mol. The molecule has 0 aliphatic rings. The normalized spacial score (nSPS) is 12.4. The van der Waals surface area contributed by atoms with E-state index in [-0.39, 0.29) is 0 Å². The molecule has 1 atom stereocenters. The van der Waals surface area contributed by atoms with Gasteiger partial charge in [0.15, 0.2) is 0 Å². The zero-order valence-corrected chi connectivity index (χ0v) is 13.5. The third kappa shape index (κ3) is 3.54. The first kappa shape index (κ1) is 14.9. The van der Waals surface area contributed by atoms with Gasteiger partial charge in [0.25, 0.3) is 0 Å². The van der Waals surface area contributed by atoms with Crippen LogP contribution in [-0.4, -0.2) is 6.61 Å². The van der Waals surface area contributed by atoms with Crippen LogP contribution in [0, 0.1) is 12.8 Å². The van der Waals surface area contributed by atoms with Gasteiger partial charge in [0.1, 0.15) is 5.75 Å². The van der Waals surface area contributed by atoms with Crippen LogP contribution in [0.2, 0.25) is 0 Å². The lowest BCUT2D eigenvalue weighted by atomic mass is 10.0. The fraction of sp³-hybridized carbons (Fsp3) is 0.412. The number of nitrogens with one attached hydrogen (secondary N) is 1. The van der Waals surface area contributed by atoms with Crippen LogP contribution in [0.3, 0.4) is 0 Å². The molecule has 20 heavy (non-hydrogen) atoms. The molecule has 108 valence electrons. The Labute approximate surface area is 125 Å². The minimum absolute atomic E-state index is 0.353. The first-order valence-corrected chi connectivity index (χ1v) is 8.03. The maximum Gasteiger partial charge on any atom is 0.119 e. The van der Waals surface area contributed by atoms with Crippen LogP contribution in [0.25, 0.3) is 0 Å².